The Hall–Kier alpha value is -3.71. The molecule has 1 N–H and O–H groups in total. The second-order valence-electron chi connectivity index (χ2n) is 12.9. The number of aliphatic hydroxyl groups is 1. The van der Waals surface area contributed by atoms with Gasteiger partial charge in [0.15, 0.2) is 17.0 Å². The van der Waals surface area contributed by atoms with Crippen LogP contribution in [0.25, 0.3) is 0 Å². The van der Waals surface area contributed by atoms with Gasteiger partial charge in [-0.15, -0.1) is 11.3 Å². The van der Waals surface area contributed by atoms with E-state index in [1.54, 1.807) is 43.3 Å². The van der Waals surface area contributed by atoms with E-state index in [1.807, 2.05) is 36.4 Å². The highest BCUT2D eigenvalue weighted by atomic mass is 35.5. The fraction of sp³-hybridized carbons (Fsp3) is 0.395. The van der Waals surface area contributed by atoms with Crippen molar-refractivity contribution in [3.63, 3.8) is 0 Å². The first-order chi connectivity index (χ1) is 24.7. The van der Waals surface area contributed by atoms with Crippen LogP contribution in [0.1, 0.15) is 50.2 Å². The van der Waals surface area contributed by atoms with Gasteiger partial charge in [0.25, 0.3) is 0 Å². The van der Waals surface area contributed by atoms with E-state index < -0.39 is 30.2 Å². The van der Waals surface area contributed by atoms with E-state index in [2.05, 4.69) is 9.88 Å². The SMILES string of the molecule is COc1ccc([C@H](Cc2c(Cl)cncc2Cl)OC(=O)c2ccc(CN(C)C(CO)(C(=O)O[C@H]3CN4CCC3CC4)c3ccccc3)s2)cc1OC. The molecule has 0 saturated carbocycles. The molecule has 2 bridgehead atoms. The van der Waals surface area contributed by atoms with E-state index in [0.29, 0.717) is 55.6 Å². The van der Waals surface area contributed by atoms with Crippen LogP contribution in [0.3, 0.4) is 0 Å². The molecule has 0 radical (unpaired) electrons. The highest BCUT2D eigenvalue weighted by Crippen LogP contribution is 2.38. The van der Waals surface area contributed by atoms with Gasteiger partial charge in [0.05, 0.1) is 30.9 Å². The number of aliphatic hydroxyl groups excluding tert-OH is 1. The maximum absolute atomic E-state index is 14.2. The van der Waals surface area contributed by atoms with E-state index in [0.717, 1.165) is 30.8 Å². The van der Waals surface area contributed by atoms with Crippen molar-refractivity contribution in [2.75, 3.05) is 47.5 Å². The van der Waals surface area contributed by atoms with Crippen LogP contribution in [0.2, 0.25) is 10.0 Å². The van der Waals surface area contributed by atoms with Gasteiger partial charge in [-0.1, -0.05) is 59.6 Å². The molecule has 0 aliphatic carbocycles. The summed E-state index contributed by atoms with van der Waals surface area (Å²) in [6.45, 7) is 2.51. The van der Waals surface area contributed by atoms with Gasteiger partial charge in [0, 0.05) is 36.8 Å². The van der Waals surface area contributed by atoms with E-state index >= 15 is 0 Å². The molecule has 2 aromatic carbocycles. The molecule has 0 spiro atoms. The predicted octanol–water partition coefficient (Wildman–Crippen LogP) is 6.56. The topological polar surface area (TPSA) is 111 Å². The Bertz CT molecular complexity index is 1810. The first-order valence-corrected chi connectivity index (χ1v) is 18.3. The zero-order valence-electron chi connectivity index (χ0n) is 28.7. The minimum atomic E-state index is -1.46. The Morgan fingerprint density at radius 3 is 2.35 bits per heavy atom. The molecule has 3 aliphatic rings. The Balaban J connectivity index is 1.23. The quantitative estimate of drug-likeness (QED) is 0.142. The summed E-state index contributed by atoms with van der Waals surface area (Å²) in [5, 5.41) is 11.7. The normalized spacial score (nSPS) is 20.0. The van der Waals surface area contributed by atoms with Gasteiger partial charge >= 0.3 is 11.9 Å². The highest BCUT2D eigenvalue weighted by molar-refractivity contribution is 7.13. The van der Waals surface area contributed by atoms with Crippen LogP contribution in [0.4, 0.5) is 0 Å². The molecule has 51 heavy (non-hydrogen) atoms. The Morgan fingerprint density at radius 1 is 1.02 bits per heavy atom. The van der Waals surface area contributed by atoms with Gasteiger partial charge in [-0.05, 0) is 79.9 Å². The Labute approximate surface area is 311 Å². The molecule has 4 aromatic rings. The third-order valence-corrected chi connectivity index (χ3v) is 11.7. The van der Waals surface area contributed by atoms with E-state index in [1.165, 1.54) is 30.8 Å². The molecule has 3 saturated heterocycles. The van der Waals surface area contributed by atoms with Gasteiger partial charge in [-0.3, -0.25) is 14.8 Å². The average molecular weight is 755 g/mol. The van der Waals surface area contributed by atoms with E-state index in [-0.39, 0.29) is 19.1 Å². The van der Waals surface area contributed by atoms with E-state index in [9.17, 15) is 14.7 Å². The summed E-state index contributed by atoms with van der Waals surface area (Å²) in [5.74, 6) is 0.284. The molecule has 7 rings (SSSR count). The lowest BCUT2D eigenvalue weighted by atomic mass is 9.85. The fourth-order valence-electron chi connectivity index (χ4n) is 6.99. The number of esters is 2. The zero-order valence-corrected chi connectivity index (χ0v) is 31.0. The van der Waals surface area contributed by atoms with Crippen LogP contribution in [0.15, 0.2) is 73.1 Å². The van der Waals surface area contributed by atoms with E-state index in [4.69, 9.17) is 42.1 Å². The molecule has 0 amide bonds. The van der Waals surface area contributed by atoms with Crippen LogP contribution >= 0.6 is 34.5 Å². The molecule has 2 aromatic heterocycles. The number of halogens is 2. The van der Waals surface area contributed by atoms with Gasteiger partial charge in [0.2, 0.25) is 0 Å². The number of benzene rings is 2. The number of likely N-dealkylation sites (N-methyl/N-ethyl adjacent to an activating group) is 1. The second-order valence-corrected chi connectivity index (χ2v) is 14.9. The lowest BCUT2D eigenvalue weighted by Crippen LogP contribution is -2.57. The summed E-state index contributed by atoms with van der Waals surface area (Å²) in [6.07, 6.45) is 4.15. The maximum Gasteiger partial charge on any atom is 0.348 e. The van der Waals surface area contributed by atoms with Gasteiger partial charge in [-0.2, -0.15) is 0 Å². The number of ether oxygens (including phenoxy) is 4. The van der Waals surface area contributed by atoms with Crippen LogP contribution in [0, 0.1) is 5.92 Å². The molecular weight excluding hydrogens is 713 g/mol. The number of pyridine rings is 1. The average Bonchev–Trinajstić information content (AvgIpc) is 3.62. The molecule has 270 valence electrons. The number of thiophene rings is 1. The fourth-order valence-corrected chi connectivity index (χ4v) is 8.45. The molecule has 5 heterocycles. The second kappa shape index (κ2) is 16.3. The lowest BCUT2D eigenvalue weighted by molar-refractivity contribution is -0.177. The number of methoxy groups -OCH3 is 2. The number of hydrogen-bond acceptors (Lipinski definition) is 11. The smallest absolute Gasteiger partial charge is 0.348 e. The molecule has 3 atom stereocenters. The van der Waals surface area contributed by atoms with Crippen molar-refractivity contribution in [3.05, 3.63) is 110 Å². The first kappa shape index (κ1) is 37.1. The Morgan fingerprint density at radius 2 is 1.73 bits per heavy atom. The van der Waals surface area contributed by atoms with Crippen molar-refractivity contribution in [2.45, 2.75) is 43.6 Å². The third kappa shape index (κ3) is 7.89. The van der Waals surface area contributed by atoms with Gasteiger partial charge < -0.3 is 24.1 Å². The number of aromatic nitrogens is 1. The number of carbonyl (C=O) groups excluding carboxylic acids is 2. The summed E-state index contributed by atoms with van der Waals surface area (Å²) in [4.78, 5) is 37.2. The zero-order chi connectivity index (χ0) is 36.1. The van der Waals surface area contributed by atoms with Crippen LogP contribution < -0.4 is 9.47 Å². The van der Waals surface area contributed by atoms with Crippen molar-refractivity contribution in [3.8, 4) is 11.5 Å². The highest BCUT2D eigenvalue weighted by Gasteiger charge is 2.48. The van der Waals surface area contributed by atoms with Crippen molar-refractivity contribution in [2.24, 2.45) is 5.92 Å². The van der Waals surface area contributed by atoms with Crippen molar-refractivity contribution < 1.29 is 33.6 Å². The predicted molar refractivity (Wildman–Crippen MR) is 196 cm³/mol. The largest absolute Gasteiger partial charge is 0.493 e. The standard InChI is InChI=1S/C38H41Cl2N3O7S/c1-42(38(23-44,26-7-5-4-6-8-26)37(46)50-34-22-43-15-13-24(34)14-16-43)21-27-10-12-35(51-27)36(45)49-32(18-28-29(39)19-41-20-30(28)40)25-9-11-31(47-2)33(17-25)48-3/h4-12,17,19-20,24,32,34,44H,13-16,18,21-23H2,1-3H3/t32-,34-,38?/m0/s1. The molecule has 13 heteroatoms. The van der Waals surface area contributed by atoms with Crippen LogP contribution in [-0.2, 0) is 32.8 Å². The number of nitrogens with zero attached hydrogens (tertiary/aromatic N) is 3. The number of carbonyl (C=O) groups is 2. The minimum Gasteiger partial charge on any atom is -0.493 e. The number of hydrogen-bond donors (Lipinski definition) is 1. The first-order valence-electron chi connectivity index (χ1n) is 16.8. The number of rotatable bonds is 14. The lowest BCUT2D eigenvalue weighted by Gasteiger charge is -2.46. The molecular formula is C38H41Cl2N3O7S. The van der Waals surface area contributed by atoms with Gasteiger partial charge in [-0.25, -0.2) is 9.59 Å². The molecule has 3 fully saturated rings. The summed E-state index contributed by atoms with van der Waals surface area (Å²) < 4.78 is 23.3. The summed E-state index contributed by atoms with van der Waals surface area (Å²) >= 11 is 14.2. The van der Waals surface area contributed by atoms with Crippen molar-refractivity contribution in [1.29, 1.82) is 0 Å². The minimum absolute atomic E-state index is 0.181. The maximum atomic E-state index is 14.2. The van der Waals surface area contributed by atoms with Crippen molar-refractivity contribution in [1.82, 2.24) is 14.8 Å². The number of fused-ring (bicyclic) bond motifs is 3. The summed E-state index contributed by atoms with van der Waals surface area (Å²) in [5.41, 5.74) is 0.405. The summed E-state index contributed by atoms with van der Waals surface area (Å²) in [6, 6.07) is 18.0. The number of piperidine rings is 3. The van der Waals surface area contributed by atoms with Crippen LogP contribution in [-0.4, -0.2) is 85.4 Å². The van der Waals surface area contributed by atoms with Crippen LogP contribution in [0.5, 0.6) is 11.5 Å². The molecule has 10 nitrogen and oxygen atoms in total. The molecule has 1 unspecified atom stereocenters. The monoisotopic (exact) mass is 753 g/mol. The van der Waals surface area contributed by atoms with Gasteiger partial charge in [0.1, 0.15) is 17.1 Å². The summed E-state index contributed by atoms with van der Waals surface area (Å²) in [7, 11) is 4.86. The third-order valence-electron chi connectivity index (χ3n) is 9.95. The van der Waals surface area contributed by atoms with Crippen molar-refractivity contribution >= 4 is 46.5 Å². The Kier molecular flexibility index (Phi) is 11.9. The molecule has 3 aliphatic heterocycles.